The molecule has 2 N–H and O–H groups in total. The number of rotatable bonds is 6. The van der Waals surface area contributed by atoms with Crippen molar-refractivity contribution in [2.45, 2.75) is 32.4 Å². The van der Waals surface area contributed by atoms with Crippen LogP contribution in [-0.2, 0) is 6.42 Å². The Bertz CT molecular complexity index is 538. The maximum absolute atomic E-state index is 10.1. The molecule has 1 aromatic carbocycles. The lowest BCUT2D eigenvalue weighted by atomic mass is 10.1. The van der Waals surface area contributed by atoms with Crippen LogP contribution in [0.25, 0.3) is 0 Å². The average molecular weight is 310 g/mol. The van der Waals surface area contributed by atoms with Crippen molar-refractivity contribution < 1.29 is 5.11 Å². The van der Waals surface area contributed by atoms with Gasteiger partial charge in [0.05, 0.1) is 6.10 Å². The predicted molar refractivity (Wildman–Crippen MR) is 86.6 cm³/mol. The summed E-state index contributed by atoms with van der Waals surface area (Å²) in [6, 6.07) is 12.0. The highest BCUT2D eigenvalue weighted by atomic mass is 35.5. The number of halogens is 1. The third kappa shape index (κ3) is 4.60. The van der Waals surface area contributed by atoms with Gasteiger partial charge in [-0.2, -0.15) is 0 Å². The van der Waals surface area contributed by atoms with E-state index in [1.807, 2.05) is 23.5 Å². The van der Waals surface area contributed by atoms with E-state index in [4.69, 9.17) is 11.6 Å². The molecule has 0 aliphatic rings. The van der Waals surface area contributed by atoms with Crippen molar-refractivity contribution in [2.24, 2.45) is 0 Å². The minimum Gasteiger partial charge on any atom is -0.387 e. The first-order valence-corrected chi connectivity index (χ1v) is 7.96. The van der Waals surface area contributed by atoms with Gasteiger partial charge in [-0.25, -0.2) is 0 Å². The Morgan fingerprint density at radius 3 is 2.50 bits per heavy atom. The van der Waals surface area contributed by atoms with Gasteiger partial charge in [0.15, 0.2) is 0 Å². The zero-order valence-corrected chi connectivity index (χ0v) is 13.3. The lowest BCUT2D eigenvalue weighted by Crippen LogP contribution is -2.31. The average Bonchev–Trinajstić information content (AvgIpc) is 2.82. The van der Waals surface area contributed by atoms with Gasteiger partial charge in [0.25, 0.3) is 0 Å². The van der Waals surface area contributed by atoms with Crippen LogP contribution >= 0.6 is 22.9 Å². The van der Waals surface area contributed by atoms with E-state index in [0.29, 0.717) is 17.6 Å². The van der Waals surface area contributed by atoms with Gasteiger partial charge in [-0.05, 0) is 50.1 Å². The number of nitrogens with one attached hydrogen (secondary N) is 1. The molecular weight excluding hydrogens is 290 g/mol. The number of hydrogen-bond donors (Lipinski definition) is 2. The molecule has 2 aromatic rings. The zero-order valence-electron chi connectivity index (χ0n) is 11.8. The lowest BCUT2D eigenvalue weighted by Gasteiger charge is -2.17. The number of aliphatic hydroxyl groups is 1. The first kappa shape index (κ1) is 15.5. The molecule has 0 aliphatic heterocycles. The van der Waals surface area contributed by atoms with Gasteiger partial charge in [-0.3, -0.25) is 0 Å². The van der Waals surface area contributed by atoms with E-state index in [1.54, 1.807) is 12.1 Å². The Kier molecular flexibility index (Phi) is 5.61. The Morgan fingerprint density at radius 1 is 1.20 bits per heavy atom. The van der Waals surface area contributed by atoms with Crippen molar-refractivity contribution in [3.05, 3.63) is 56.7 Å². The van der Waals surface area contributed by atoms with Crippen LogP contribution in [0.1, 0.15) is 28.3 Å². The molecule has 0 spiro atoms. The van der Waals surface area contributed by atoms with Gasteiger partial charge >= 0.3 is 0 Å². The minimum atomic E-state index is -0.500. The van der Waals surface area contributed by atoms with Gasteiger partial charge in [-0.15, -0.1) is 11.3 Å². The molecule has 108 valence electrons. The van der Waals surface area contributed by atoms with Crippen LogP contribution in [0.3, 0.4) is 0 Å². The molecule has 1 heterocycles. The normalized spacial score (nSPS) is 14.2. The highest BCUT2D eigenvalue weighted by Gasteiger charge is 2.10. The number of thiophene rings is 1. The van der Waals surface area contributed by atoms with Crippen molar-refractivity contribution >= 4 is 22.9 Å². The molecule has 2 unspecified atom stereocenters. The third-order valence-electron chi connectivity index (χ3n) is 3.22. The minimum absolute atomic E-state index is 0.343. The molecule has 0 fully saturated rings. The Hall–Kier alpha value is -0.870. The van der Waals surface area contributed by atoms with E-state index < -0.39 is 6.10 Å². The molecule has 2 nitrogen and oxygen atoms in total. The number of aryl methyl sites for hydroxylation is 1. The fourth-order valence-electron chi connectivity index (χ4n) is 2.08. The van der Waals surface area contributed by atoms with Crippen molar-refractivity contribution in [3.8, 4) is 0 Å². The van der Waals surface area contributed by atoms with Crippen molar-refractivity contribution in [2.75, 3.05) is 6.54 Å². The Labute approximate surface area is 129 Å². The van der Waals surface area contributed by atoms with Crippen molar-refractivity contribution in [3.63, 3.8) is 0 Å². The second-order valence-electron chi connectivity index (χ2n) is 5.09. The maximum Gasteiger partial charge on any atom is 0.0914 e. The summed E-state index contributed by atoms with van der Waals surface area (Å²) in [5.74, 6) is 0. The monoisotopic (exact) mass is 309 g/mol. The summed E-state index contributed by atoms with van der Waals surface area (Å²) < 4.78 is 0. The van der Waals surface area contributed by atoms with Crippen LogP contribution in [0.2, 0.25) is 5.02 Å². The highest BCUT2D eigenvalue weighted by molar-refractivity contribution is 7.11. The van der Waals surface area contributed by atoms with Gasteiger partial charge in [0, 0.05) is 27.4 Å². The van der Waals surface area contributed by atoms with Crippen LogP contribution < -0.4 is 5.32 Å². The predicted octanol–water partition coefficient (Wildman–Crippen LogP) is 3.96. The Morgan fingerprint density at radius 2 is 1.90 bits per heavy atom. The summed E-state index contributed by atoms with van der Waals surface area (Å²) in [5.41, 5.74) is 0.890. The van der Waals surface area contributed by atoms with Crippen LogP contribution in [0, 0.1) is 6.92 Å². The summed E-state index contributed by atoms with van der Waals surface area (Å²) in [6.07, 6.45) is 0.492. The van der Waals surface area contributed by atoms with E-state index in [2.05, 4.69) is 31.3 Å². The first-order chi connectivity index (χ1) is 9.54. The summed E-state index contributed by atoms with van der Waals surface area (Å²) >= 11 is 7.67. The quantitative estimate of drug-likeness (QED) is 0.846. The standard InChI is InChI=1S/C16H20ClNOS/c1-11(9-15-8-3-12(2)20-15)18-10-16(19)13-4-6-14(17)7-5-13/h3-8,11,16,18-19H,9-10H2,1-2H3. The van der Waals surface area contributed by atoms with Gasteiger partial charge in [0.1, 0.15) is 0 Å². The fourth-order valence-corrected chi connectivity index (χ4v) is 3.23. The van der Waals surface area contributed by atoms with Crippen molar-refractivity contribution in [1.29, 1.82) is 0 Å². The molecule has 1 aromatic heterocycles. The summed E-state index contributed by atoms with van der Waals surface area (Å²) in [6.45, 7) is 4.81. The molecule has 2 rings (SSSR count). The number of benzene rings is 1. The molecule has 0 amide bonds. The van der Waals surface area contributed by atoms with Crippen LogP contribution in [-0.4, -0.2) is 17.7 Å². The molecular formula is C16H20ClNOS. The smallest absolute Gasteiger partial charge is 0.0914 e. The molecule has 0 aliphatic carbocycles. The molecule has 2 atom stereocenters. The number of aliphatic hydroxyl groups excluding tert-OH is 1. The summed E-state index contributed by atoms with van der Waals surface area (Å²) in [5, 5.41) is 14.2. The maximum atomic E-state index is 10.1. The lowest BCUT2D eigenvalue weighted by molar-refractivity contribution is 0.170. The second kappa shape index (κ2) is 7.23. The van der Waals surface area contributed by atoms with E-state index in [0.717, 1.165) is 12.0 Å². The van der Waals surface area contributed by atoms with Crippen LogP contribution in [0.4, 0.5) is 0 Å². The summed E-state index contributed by atoms with van der Waals surface area (Å²) in [4.78, 5) is 2.72. The van der Waals surface area contributed by atoms with E-state index in [9.17, 15) is 5.11 Å². The molecule has 0 bridgehead atoms. The van der Waals surface area contributed by atoms with E-state index in [1.165, 1.54) is 9.75 Å². The fraction of sp³-hybridized carbons (Fsp3) is 0.375. The molecule has 4 heteroatoms. The SMILES string of the molecule is Cc1ccc(CC(C)NCC(O)c2ccc(Cl)cc2)s1. The van der Waals surface area contributed by atoms with Crippen molar-refractivity contribution in [1.82, 2.24) is 5.32 Å². The molecule has 0 saturated heterocycles. The topological polar surface area (TPSA) is 32.3 Å². The van der Waals surface area contributed by atoms with Crippen LogP contribution in [0.15, 0.2) is 36.4 Å². The molecule has 0 saturated carbocycles. The molecule has 20 heavy (non-hydrogen) atoms. The van der Waals surface area contributed by atoms with E-state index >= 15 is 0 Å². The zero-order chi connectivity index (χ0) is 14.5. The van der Waals surface area contributed by atoms with E-state index in [-0.39, 0.29) is 0 Å². The van der Waals surface area contributed by atoms with Crippen LogP contribution in [0.5, 0.6) is 0 Å². The third-order valence-corrected chi connectivity index (χ3v) is 4.49. The summed E-state index contributed by atoms with van der Waals surface area (Å²) in [7, 11) is 0. The second-order valence-corrected chi connectivity index (χ2v) is 6.90. The van der Waals surface area contributed by atoms with Gasteiger partial charge in [-0.1, -0.05) is 23.7 Å². The highest BCUT2D eigenvalue weighted by Crippen LogP contribution is 2.18. The van der Waals surface area contributed by atoms with Gasteiger partial charge < -0.3 is 10.4 Å². The Balaban J connectivity index is 1.80. The van der Waals surface area contributed by atoms with Gasteiger partial charge in [0.2, 0.25) is 0 Å². The largest absolute Gasteiger partial charge is 0.387 e. The molecule has 0 radical (unpaired) electrons. The first-order valence-electron chi connectivity index (χ1n) is 6.77. The number of hydrogen-bond acceptors (Lipinski definition) is 3.